The summed E-state index contributed by atoms with van der Waals surface area (Å²) in [6.07, 6.45) is 4.14. The number of hydrogen-bond acceptors (Lipinski definition) is 7. The standard InChI is InChI=1S/C23H28N4O5/c28-18-7-6-16(20(29)26-18)27-21(30)15-4-1-3-14(19(15)22(27)31)13-25-17-5-2-12-32-23(17)8-10-24-11-9-23/h1,3-4,16-17,24-25H,2,5-13H2,(H,26,28,29). The number of nitrogens with zero attached hydrogens (tertiary/aromatic N) is 1. The molecule has 1 aromatic rings. The summed E-state index contributed by atoms with van der Waals surface area (Å²) in [5.74, 6) is -1.91. The molecule has 1 spiro atoms. The van der Waals surface area contributed by atoms with Gasteiger partial charge in [-0.15, -0.1) is 0 Å². The van der Waals surface area contributed by atoms with Gasteiger partial charge in [-0.1, -0.05) is 12.1 Å². The second kappa shape index (κ2) is 8.38. The van der Waals surface area contributed by atoms with Crippen LogP contribution in [0.5, 0.6) is 0 Å². The Bertz CT molecular complexity index is 963. The number of benzene rings is 1. The summed E-state index contributed by atoms with van der Waals surface area (Å²) < 4.78 is 6.25. The Morgan fingerprint density at radius 3 is 2.69 bits per heavy atom. The summed E-state index contributed by atoms with van der Waals surface area (Å²) in [6.45, 7) is 3.06. The van der Waals surface area contributed by atoms with Gasteiger partial charge in [0.25, 0.3) is 11.8 Å². The maximum atomic E-state index is 13.3. The summed E-state index contributed by atoms with van der Waals surface area (Å²) >= 11 is 0. The molecule has 2 atom stereocenters. The molecular formula is C23H28N4O5. The largest absolute Gasteiger partial charge is 0.373 e. The van der Waals surface area contributed by atoms with Crippen LogP contribution in [-0.4, -0.2) is 65.9 Å². The molecule has 1 aromatic carbocycles. The molecule has 9 heteroatoms. The number of rotatable bonds is 4. The predicted molar refractivity (Wildman–Crippen MR) is 114 cm³/mol. The molecule has 32 heavy (non-hydrogen) atoms. The number of piperidine rings is 2. The van der Waals surface area contributed by atoms with Crippen molar-refractivity contribution in [1.29, 1.82) is 0 Å². The minimum atomic E-state index is -0.953. The zero-order valence-corrected chi connectivity index (χ0v) is 17.9. The minimum absolute atomic E-state index is 0.108. The first kappa shape index (κ1) is 21.2. The molecule has 4 amide bonds. The van der Waals surface area contributed by atoms with Crippen LogP contribution < -0.4 is 16.0 Å². The van der Waals surface area contributed by atoms with Gasteiger partial charge in [-0.25, -0.2) is 0 Å². The normalized spacial score (nSPS) is 27.6. The van der Waals surface area contributed by atoms with E-state index in [4.69, 9.17) is 4.74 Å². The minimum Gasteiger partial charge on any atom is -0.373 e. The number of imide groups is 2. The van der Waals surface area contributed by atoms with Gasteiger partial charge in [-0.2, -0.15) is 0 Å². The first-order valence-corrected chi connectivity index (χ1v) is 11.4. The van der Waals surface area contributed by atoms with E-state index in [-0.39, 0.29) is 30.4 Å². The Kier molecular flexibility index (Phi) is 5.56. The smallest absolute Gasteiger partial charge is 0.262 e. The number of amides is 4. The van der Waals surface area contributed by atoms with Gasteiger partial charge in [-0.05, 0) is 56.8 Å². The Balaban J connectivity index is 1.36. The Labute approximate surface area is 186 Å². The van der Waals surface area contributed by atoms with Crippen molar-refractivity contribution in [3.05, 3.63) is 34.9 Å². The maximum Gasteiger partial charge on any atom is 0.262 e. The van der Waals surface area contributed by atoms with Crippen LogP contribution in [0.25, 0.3) is 0 Å². The van der Waals surface area contributed by atoms with Crippen molar-refractivity contribution < 1.29 is 23.9 Å². The highest BCUT2D eigenvalue weighted by molar-refractivity contribution is 6.24. The molecular weight excluding hydrogens is 412 g/mol. The summed E-state index contributed by atoms with van der Waals surface area (Å²) in [4.78, 5) is 51.1. The van der Waals surface area contributed by atoms with Gasteiger partial charge in [0, 0.05) is 25.6 Å². The molecule has 2 unspecified atom stereocenters. The van der Waals surface area contributed by atoms with Gasteiger partial charge in [0.15, 0.2) is 0 Å². The molecule has 4 aliphatic heterocycles. The van der Waals surface area contributed by atoms with E-state index in [1.165, 1.54) is 0 Å². The van der Waals surface area contributed by atoms with Crippen molar-refractivity contribution in [2.75, 3.05) is 19.7 Å². The van der Waals surface area contributed by atoms with Gasteiger partial charge >= 0.3 is 0 Å². The first-order valence-electron chi connectivity index (χ1n) is 11.4. The molecule has 9 nitrogen and oxygen atoms in total. The monoisotopic (exact) mass is 440 g/mol. The summed E-state index contributed by atoms with van der Waals surface area (Å²) in [5.41, 5.74) is 1.21. The SMILES string of the molecule is O=C1CCC(N2C(=O)c3cccc(CNC4CCCOC45CCNCC5)c3C2=O)C(=O)N1. The fraction of sp³-hybridized carbons (Fsp3) is 0.565. The van der Waals surface area contributed by atoms with Crippen molar-refractivity contribution in [1.82, 2.24) is 20.9 Å². The lowest BCUT2D eigenvalue weighted by Gasteiger charge is -2.47. The highest BCUT2D eigenvalue weighted by Crippen LogP contribution is 2.34. The molecule has 0 bridgehead atoms. The van der Waals surface area contributed by atoms with Crippen LogP contribution in [0, 0.1) is 0 Å². The molecule has 170 valence electrons. The topological polar surface area (TPSA) is 117 Å². The van der Waals surface area contributed by atoms with E-state index in [0.717, 1.165) is 55.8 Å². The van der Waals surface area contributed by atoms with Gasteiger partial charge in [0.05, 0.1) is 16.7 Å². The average molecular weight is 441 g/mol. The lowest BCUT2D eigenvalue weighted by Crippen LogP contribution is -2.59. The van der Waals surface area contributed by atoms with Crippen molar-refractivity contribution in [3.63, 3.8) is 0 Å². The zero-order chi connectivity index (χ0) is 22.3. The molecule has 4 aliphatic rings. The Hall–Kier alpha value is -2.62. The average Bonchev–Trinajstić information content (AvgIpc) is 3.05. The Morgan fingerprint density at radius 2 is 1.91 bits per heavy atom. The van der Waals surface area contributed by atoms with Crippen LogP contribution >= 0.6 is 0 Å². The van der Waals surface area contributed by atoms with Gasteiger partial charge < -0.3 is 15.4 Å². The van der Waals surface area contributed by atoms with Crippen LogP contribution in [0.15, 0.2) is 18.2 Å². The van der Waals surface area contributed by atoms with Crippen LogP contribution in [-0.2, 0) is 20.9 Å². The molecule has 3 saturated heterocycles. The third-order valence-electron chi connectivity index (χ3n) is 7.20. The summed E-state index contributed by atoms with van der Waals surface area (Å²) in [5, 5.41) is 9.24. The van der Waals surface area contributed by atoms with E-state index in [1.54, 1.807) is 12.1 Å². The number of ether oxygens (including phenoxy) is 1. The van der Waals surface area contributed by atoms with E-state index in [0.29, 0.717) is 17.7 Å². The highest BCUT2D eigenvalue weighted by Gasteiger charge is 2.46. The number of hydrogen-bond donors (Lipinski definition) is 3. The zero-order valence-electron chi connectivity index (χ0n) is 17.9. The van der Waals surface area contributed by atoms with E-state index in [2.05, 4.69) is 16.0 Å². The fourth-order valence-corrected chi connectivity index (χ4v) is 5.52. The van der Waals surface area contributed by atoms with Crippen molar-refractivity contribution in [2.24, 2.45) is 0 Å². The highest BCUT2D eigenvalue weighted by atomic mass is 16.5. The maximum absolute atomic E-state index is 13.3. The van der Waals surface area contributed by atoms with Gasteiger partial charge in [0.2, 0.25) is 11.8 Å². The fourth-order valence-electron chi connectivity index (χ4n) is 5.52. The van der Waals surface area contributed by atoms with E-state index in [9.17, 15) is 19.2 Å². The molecule has 3 fully saturated rings. The summed E-state index contributed by atoms with van der Waals surface area (Å²) in [6, 6.07) is 4.47. The second-order valence-electron chi connectivity index (χ2n) is 9.03. The first-order chi connectivity index (χ1) is 15.5. The molecule has 3 N–H and O–H groups in total. The van der Waals surface area contributed by atoms with Crippen molar-refractivity contribution in [3.8, 4) is 0 Å². The molecule has 0 radical (unpaired) electrons. The van der Waals surface area contributed by atoms with E-state index < -0.39 is 23.8 Å². The van der Waals surface area contributed by atoms with Crippen LogP contribution in [0.2, 0.25) is 0 Å². The van der Waals surface area contributed by atoms with Crippen molar-refractivity contribution >= 4 is 23.6 Å². The second-order valence-corrected chi connectivity index (χ2v) is 9.03. The van der Waals surface area contributed by atoms with Gasteiger partial charge in [-0.3, -0.25) is 29.4 Å². The lowest BCUT2D eigenvalue weighted by atomic mass is 9.80. The Morgan fingerprint density at radius 1 is 1.09 bits per heavy atom. The number of carbonyl (C=O) groups is 4. The molecule has 0 saturated carbocycles. The molecule has 4 heterocycles. The number of carbonyl (C=O) groups excluding carboxylic acids is 4. The third-order valence-corrected chi connectivity index (χ3v) is 7.20. The lowest BCUT2D eigenvalue weighted by molar-refractivity contribution is -0.136. The van der Waals surface area contributed by atoms with Crippen LogP contribution in [0.4, 0.5) is 0 Å². The molecule has 0 aromatic heterocycles. The van der Waals surface area contributed by atoms with Crippen LogP contribution in [0.3, 0.4) is 0 Å². The predicted octanol–water partition coefficient (Wildman–Crippen LogP) is 0.479. The van der Waals surface area contributed by atoms with Gasteiger partial charge in [0.1, 0.15) is 6.04 Å². The molecule has 5 rings (SSSR count). The van der Waals surface area contributed by atoms with E-state index >= 15 is 0 Å². The van der Waals surface area contributed by atoms with Crippen molar-refractivity contribution in [2.45, 2.75) is 62.8 Å². The van der Waals surface area contributed by atoms with Crippen LogP contribution in [0.1, 0.15) is 64.8 Å². The number of fused-ring (bicyclic) bond motifs is 1. The third kappa shape index (κ3) is 3.54. The van der Waals surface area contributed by atoms with E-state index in [1.807, 2.05) is 6.07 Å². The quantitative estimate of drug-likeness (QED) is 0.583. The number of nitrogens with one attached hydrogen (secondary N) is 3. The summed E-state index contributed by atoms with van der Waals surface area (Å²) in [7, 11) is 0. The molecule has 0 aliphatic carbocycles.